The van der Waals surface area contributed by atoms with Crippen molar-refractivity contribution in [1.82, 2.24) is 5.32 Å². The number of carboxylic acids is 1. The Balaban J connectivity index is 2.67. The van der Waals surface area contributed by atoms with Gasteiger partial charge in [0.25, 0.3) is 0 Å². The smallest absolute Gasteiger partial charge is 0.328 e. The summed E-state index contributed by atoms with van der Waals surface area (Å²) in [4.78, 5) is 35.0. The van der Waals surface area contributed by atoms with Crippen molar-refractivity contribution in [2.45, 2.75) is 26.7 Å². The van der Waals surface area contributed by atoms with E-state index in [0.717, 1.165) is 11.1 Å². The number of hydrogen-bond acceptors (Lipinski definition) is 3. The molecular weight excluding hydrogens is 260 g/mol. The lowest BCUT2D eigenvalue weighted by Crippen LogP contribution is -2.41. The highest BCUT2D eigenvalue weighted by molar-refractivity contribution is 6.03. The molecule has 3 amide bonds. The van der Waals surface area contributed by atoms with E-state index >= 15 is 0 Å². The van der Waals surface area contributed by atoms with E-state index in [1.54, 1.807) is 13.1 Å². The van der Waals surface area contributed by atoms with Crippen molar-refractivity contribution in [3.8, 4) is 0 Å². The van der Waals surface area contributed by atoms with Gasteiger partial charge in [-0.2, -0.15) is 0 Å². The molecule has 0 aliphatic heterocycles. The highest BCUT2D eigenvalue weighted by atomic mass is 16.4. The molecule has 6 heteroatoms. The molecule has 0 bridgehead atoms. The van der Waals surface area contributed by atoms with Gasteiger partial charge in [0.1, 0.15) is 0 Å². The highest BCUT2D eigenvalue weighted by Crippen LogP contribution is 2.19. The maximum Gasteiger partial charge on any atom is 0.328 e. The molecule has 6 nitrogen and oxygen atoms in total. The second-order valence-electron chi connectivity index (χ2n) is 4.60. The average Bonchev–Trinajstić information content (AvgIpc) is 2.35. The monoisotopic (exact) mass is 278 g/mol. The number of aliphatic carboxylic acids is 1. The molecule has 0 aliphatic rings. The minimum absolute atomic E-state index is 0.220. The summed E-state index contributed by atoms with van der Waals surface area (Å²) in [6.45, 7) is 3.82. The van der Waals surface area contributed by atoms with Gasteiger partial charge in [-0.25, -0.2) is 4.79 Å². The quantitative estimate of drug-likeness (QED) is 0.879. The van der Waals surface area contributed by atoms with Crippen LogP contribution in [0.3, 0.4) is 0 Å². The first-order valence-electron chi connectivity index (χ1n) is 6.18. The molecule has 1 aromatic rings. The third-order valence-electron chi connectivity index (χ3n) is 2.83. The number of hydrogen-bond donors (Lipinski definition) is 2. The van der Waals surface area contributed by atoms with Crippen LogP contribution in [0.25, 0.3) is 0 Å². The number of urea groups is 1. The molecule has 0 spiro atoms. The number of rotatable bonds is 4. The van der Waals surface area contributed by atoms with Gasteiger partial charge in [-0.05, 0) is 25.5 Å². The molecule has 0 aromatic heterocycles. The third kappa shape index (κ3) is 4.38. The van der Waals surface area contributed by atoms with Crippen LogP contribution in [-0.4, -0.2) is 30.1 Å². The van der Waals surface area contributed by atoms with Gasteiger partial charge in [-0.1, -0.05) is 17.7 Å². The Hall–Kier alpha value is -2.37. The lowest BCUT2D eigenvalue weighted by Gasteiger charge is -2.19. The molecule has 0 radical (unpaired) electrons. The summed E-state index contributed by atoms with van der Waals surface area (Å²) in [6.07, 6.45) is -0.520. The van der Waals surface area contributed by atoms with E-state index in [1.807, 2.05) is 26.0 Å². The van der Waals surface area contributed by atoms with Crippen LogP contribution in [0.2, 0.25) is 0 Å². The van der Waals surface area contributed by atoms with Crippen molar-refractivity contribution >= 4 is 23.6 Å². The Labute approximate surface area is 117 Å². The molecule has 0 heterocycles. The first-order chi connectivity index (χ1) is 9.31. The fourth-order valence-electron chi connectivity index (χ4n) is 1.78. The molecule has 0 saturated heterocycles. The lowest BCUT2D eigenvalue weighted by atomic mass is 10.1. The number of carbonyl (C=O) groups is 3. The largest absolute Gasteiger partial charge is 0.481 e. The van der Waals surface area contributed by atoms with Crippen LogP contribution < -0.4 is 10.2 Å². The van der Waals surface area contributed by atoms with Crippen LogP contribution in [0.5, 0.6) is 0 Å². The summed E-state index contributed by atoms with van der Waals surface area (Å²) >= 11 is 0. The van der Waals surface area contributed by atoms with Crippen LogP contribution in [0.15, 0.2) is 18.2 Å². The van der Waals surface area contributed by atoms with Gasteiger partial charge in [0.2, 0.25) is 5.91 Å². The van der Waals surface area contributed by atoms with Gasteiger partial charge in [0, 0.05) is 19.2 Å². The Morgan fingerprint density at radius 1 is 1.20 bits per heavy atom. The zero-order valence-corrected chi connectivity index (χ0v) is 11.8. The number of benzene rings is 1. The number of aryl methyl sites for hydroxylation is 2. The van der Waals surface area contributed by atoms with E-state index in [2.05, 4.69) is 5.32 Å². The zero-order valence-electron chi connectivity index (χ0n) is 11.8. The number of nitrogens with zero attached hydrogens (tertiary/aromatic N) is 1. The van der Waals surface area contributed by atoms with Gasteiger partial charge < -0.3 is 5.11 Å². The fraction of sp³-hybridized carbons (Fsp3) is 0.357. The summed E-state index contributed by atoms with van der Waals surface area (Å²) in [5, 5.41) is 10.6. The predicted molar refractivity (Wildman–Crippen MR) is 74.7 cm³/mol. The SMILES string of the molecule is Cc1ccc(N(C)C(=O)NC(=O)CCC(=O)O)c(C)c1. The number of nitrogens with one attached hydrogen (secondary N) is 1. The minimum atomic E-state index is -1.07. The number of carbonyl (C=O) groups excluding carboxylic acids is 2. The van der Waals surface area contributed by atoms with Crippen LogP contribution in [-0.2, 0) is 9.59 Å². The fourth-order valence-corrected chi connectivity index (χ4v) is 1.78. The Morgan fingerprint density at radius 2 is 1.85 bits per heavy atom. The number of amides is 3. The maximum atomic E-state index is 11.9. The Morgan fingerprint density at radius 3 is 2.40 bits per heavy atom. The van der Waals surface area contributed by atoms with Crippen molar-refractivity contribution in [1.29, 1.82) is 0 Å². The van der Waals surface area contributed by atoms with Crippen molar-refractivity contribution in [3.05, 3.63) is 29.3 Å². The van der Waals surface area contributed by atoms with Crippen molar-refractivity contribution in [2.24, 2.45) is 0 Å². The summed E-state index contributed by atoms with van der Waals surface area (Å²) in [5.41, 5.74) is 2.69. The Kier molecular flexibility index (Phi) is 5.25. The summed E-state index contributed by atoms with van der Waals surface area (Å²) < 4.78 is 0. The molecule has 0 saturated carbocycles. The number of anilines is 1. The molecule has 0 atom stereocenters. The van der Waals surface area contributed by atoms with Gasteiger partial charge >= 0.3 is 12.0 Å². The van der Waals surface area contributed by atoms with E-state index in [9.17, 15) is 14.4 Å². The summed E-state index contributed by atoms with van der Waals surface area (Å²) in [6, 6.07) is 5.03. The van der Waals surface area contributed by atoms with E-state index in [4.69, 9.17) is 5.11 Å². The normalized spacial score (nSPS) is 9.95. The maximum absolute atomic E-state index is 11.9. The highest BCUT2D eigenvalue weighted by Gasteiger charge is 2.16. The molecule has 1 rings (SSSR count). The molecule has 0 aliphatic carbocycles. The number of carboxylic acid groups (broad SMARTS) is 1. The number of imide groups is 1. The molecule has 0 fully saturated rings. The third-order valence-corrected chi connectivity index (χ3v) is 2.83. The van der Waals surface area contributed by atoms with Gasteiger partial charge in [-0.3, -0.25) is 19.8 Å². The first kappa shape index (κ1) is 15.7. The molecule has 20 heavy (non-hydrogen) atoms. The molecule has 0 unspecified atom stereocenters. The van der Waals surface area contributed by atoms with E-state index < -0.39 is 17.9 Å². The topological polar surface area (TPSA) is 86.7 Å². The summed E-state index contributed by atoms with van der Waals surface area (Å²) in [7, 11) is 1.55. The second kappa shape index (κ2) is 6.70. The first-order valence-corrected chi connectivity index (χ1v) is 6.18. The van der Waals surface area contributed by atoms with Crippen molar-refractivity contribution < 1.29 is 19.5 Å². The van der Waals surface area contributed by atoms with Crippen LogP contribution in [0.1, 0.15) is 24.0 Å². The predicted octanol–water partition coefficient (Wildman–Crippen LogP) is 1.84. The van der Waals surface area contributed by atoms with Crippen LogP contribution in [0.4, 0.5) is 10.5 Å². The molecular formula is C14H18N2O4. The molecule has 2 N–H and O–H groups in total. The minimum Gasteiger partial charge on any atom is -0.481 e. The average molecular weight is 278 g/mol. The van der Waals surface area contributed by atoms with Crippen LogP contribution in [0, 0.1) is 13.8 Å². The molecule has 1 aromatic carbocycles. The van der Waals surface area contributed by atoms with Crippen molar-refractivity contribution in [2.75, 3.05) is 11.9 Å². The van der Waals surface area contributed by atoms with E-state index in [1.165, 1.54) is 4.90 Å². The zero-order chi connectivity index (χ0) is 15.3. The van der Waals surface area contributed by atoms with Gasteiger partial charge in [0.05, 0.1) is 6.42 Å². The van der Waals surface area contributed by atoms with Gasteiger partial charge in [0.15, 0.2) is 0 Å². The Bertz CT molecular complexity index is 540. The lowest BCUT2D eigenvalue weighted by molar-refractivity contribution is -0.138. The van der Waals surface area contributed by atoms with Crippen LogP contribution >= 0.6 is 0 Å². The molecule has 108 valence electrons. The van der Waals surface area contributed by atoms with E-state index in [0.29, 0.717) is 5.69 Å². The second-order valence-corrected chi connectivity index (χ2v) is 4.60. The van der Waals surface area contributed by atoms with Crippen molar-refractivity contribution in [3.63, 3.8) is 0 Å². The van der Waals surface area contributed by atoms with Gasteiger partial charge in [-0.15, -0.1) is 0 Å². The summed E-state index contributed by atoms with van der Waals surface area (Å²) in [5.74, 6) is -1.68. The standard InChI is InChI=1S/C14H18N2O4/c1-9-4-5-11(10(2)8-9)16(3)14(20)15-12(17)6-7-13(18)19/h4-5,8H,6-7H2,1-3H3,(H,18,19)(H,15,17,20). The van der Waals surface area contributed by atoms with E-state index in [-0.39, 0.29) is 12.8 Å².